The Hall–Kier alpha value is -3.26. The summed E-state index contributed by atoms with van der Waals surface area (Å²) in [4.78, 5) is 18.6. The van der Waals surface area contributed by atoms with Gasteiger partial charge in [-0.1, -0.05) is 6.92 Å². The minimum atomic E-state index is -0.313. The van der Waals surface area contributed by atoms with Gasteiger partial charge in [-0.2, -0.15) is 0 Å². The molecule has 2 aromatic carbocycles. The van der Waals surface area contributed by atoms with Gasteiger partial charge in [0.25, 0.3) is 5.91 Å². The SMILES string of the molecule is CCc1sc(NC(=O)c2cc(OC)c(OC)c(OC)c2)nc1-c1ccc(OC)cc1. The zero-order valence-electron chi connectivity index (χ0n) is 17.6. The number of nitrogens with zero attached hydrogens (tertiary/aromatic N) is 1. The first-order valence-electron chi connectivity index (χ1n) is 9.30. The van der Waals surface area contributed by atoms with Crippen molar-refractivity contribution in [1.29, 1.82) is 0 Å². The highest BCUT2D eigenvalue weighted by Crippen LogP contribution is 2.39. The van der Waals surface area contributed by atoms with Crippen molar-refractivity contribution in [3.8, 4) is 34.3 Å². The van der Waals surface area contributed by atoms with Crippen molar-refractivity contribution in [3.05, 3.63) is 46.8 Å². The van der Waals surface area contributed by atoms with Gasteiger partial charge in [0.2, 0.25) is 5.75 Å². The van der Waals surface area contributed by atoms with Crippen LogP contribution in [0.25, 0.3) is 11.3 Å². The van der Waals surface area contributed by atoms with Gasteiger partial charge in [0.15, 0.2) is 16.6 Å². The maximum atomic E-state index is 12.9. The lowest BCUT2D eigenvalue weighted by Crippen LogP contribution is -2.12. The second kappa shape index (κ2) is 9.49. The van der Waals surface area contributed by atoms with Crippen LogP contribution in [-0.2, 0) is 6.42 Å². The van der Waals surface area contributed by atoms with E-state index in [9.17, 15) is 4.79 Å². The van der Waals surface area contributed by atoms with E-state index in [2.05, 4.69) is 17.2 Å². The summed E-state index contributed by atoms with van der Waals surface area (Å²) in [6, 6.07) is 10.9. The van der Waals surface area contributed by atoms with Crippen LogP contribution in [0.15, 0.2) is 36.4 Å². The molecule has 0 aliphatic rings. The molecular weight excluding hydrogens is 404 g/mol. The Morgan fingerprint density at radius 3 is 2.10 bits per heavy atom. The number of hydrogen-bond donors (Lipinski definition) is 1. The van der Waals surface area contributed by atoms with E-state index in [1.807, 2.05) is 24.3 Å². The fourth-order valence-electron chi connectivity index (χ4n) is 3.00. The third-order valence-electron chi connectivity index (χ3n) is 4.53. The average molecular weight is 429 g/mol. The van der Waals surface area contributed by atoms with Crippen LogP contribution in [0.4, 0.5) is 5.13 Å². The van der Waals surface area contributed by atoms with Crippen LogP contribution in [0.2, 0.25) is 0 Å². The molecule has 8 heteroatoms. The minimum absolute atomic E-state index is 0.313. The van der Waals surface area contributed by atoms with Crippen LogP contribution in [0.5, 0.6) is 23.0 Å². The zero-order chi connectivity index (χ0) is 21.7. The van der Waals surface area contributed by atoms with E-state index < -0.39 is 0 Å². The maximum absolute atomic E-state index is 12.9. The van der Waals surface area contributed by atoms with E-state index in [1.54, 1.807) is 19.2 Å². The number of carbonyl (C=O) groups excluding carboxylic acids is 1. The highest BCUT2D eigenvalue weighted by Gasteiger charge is 2.19. The number of nitrogens with one attached hydrogen (secondary N) is 1. The summed E-state index contributed by atoms with van der Waals surface area (Å²) in [5.41, 5.74) is 2.20. The number of aromatic nitrogens is 1. The molecule has 1 amide bonds. The third kappa shape index (κ3) is 4.33. The zero-order valence-corrected chi connectivity index (χ0v) is 18.4. The van der Waals surface area contributed by atoms with E-state index in [4.69, 9.17) is 18.9 Å². The highest BCUT2D eigenvalue weighted by molar-refractivity contribution is 7.16. The molecule has 0 unspecified atom stereocenters. The minimum Gasteiger partial charge on any atom is -0.497 e. The van der Waals surface area contributed by atoms with E-state index in [1.165, 1.54) is 32.7 Å². The third-order valence-corrected chi connectivity index (χ3v) is 5.64. The number of anilines is 1. The molecule has 30 heavy (non-hydrogen) atoms. The van der Waals surface area contributed by atoms with Gasteiger partial charge in [-0.15, -0.1) is 11.3 Å². The first-order valence-corrected chi connectivity index (χ1v) is 10.1. The summed E-state index contributed by atoms with van der Waals surface area (Å²) in [5, 5.41) is 3.40. The van der Waals surface area contributed by atoms with Crippen molar-refractivity contribution < 1.29 is 23.7 Å². The first-order chi connectivity index (χ1) is 14.5. The second-order valence-corrected chi connectivity index (χ2v) is 7.32. The van der Waals surface area contributed by atoms with E-state index in [0.29, 0.717) is 27.9 Å². The van der Waals surface area contributed by atoms with Crippen molar-refractivity contribution >= 4 is 22.4 Å². The van der Waals surface area contributed by atoms with E-state index in [-0.39, 0.29) is 5.91 Å². The number of aryl methyl sites for hydroxylation is 1. The summed E-state index contributed by atoms with van der Waals surface area (Å²) >= 11 is 1.45. The van der Waals surface area contributed by atoms with Crippen LogP contribution >= 0.6 is 11.3 Å². The monoisotopic (exact) mass is 428 g/mol. The molecule has 158 valence electrons. The topological polar surface area (TPSA) is 78.9 Å². The normalized spacial score (nSPS) is 10.4. The fraction of sp³-hybridized carbons (Fsp3) is 0.273. The Labute approximate surface area is 179 Å². The molecule has 3 rings (SSSR count). The molecule has 0 saturated heterocycles. The van der Waals surface area contributed by atoms with Crippen LogP contribution in [0.3, 0.4) is 0 Å². The summed E-state index contributed by atoms with van der Waals surface area (Å²) in [6.45, 7) is 2.06. The van der Waals surface area contributed by atoms with Gasteiger partial charge < -0.3 is 18.9 Å². The molecule has 0 saturated carbocycles. The summed E-state index contributed by atoms with van der Waals surface area (Å²) < 4.78 is 21.2. The molecule has 7 nitrogen and oxygen atoms in total. The highest BCUT2D eigenvalue weighted by atomic mass is 32.1. The van der Waals surface area contributed by atoms with Crippen LogP contribution < -0.4 is 24.3 Å². The predicted molar refractivity (Wildman–Crippen MR) is 118 cm³/mol. The molecular formula is C22H24N2O5S. The number of methoxy groups -OCH3 is 4. The average Bonchev–Trinajstić information content (AvgIpc) is 3.20. The molecule has 1 heterocycles. The van der Waals surface area contributed by atoms with E-state index in [0.717, 1.165) is 28.3 Å². The number of benzene rings is 2. The molecule has 1 aromatic heterocycles. The number of hydrogen-bond acceptors (Lipinski definition) is 7. The largest absolute Gasteiger partial charge is 0.497 e. The molecule has 0 radical (unpaired) electrons. The quantitative estimate of drug-likeness (QED) is 0.562. The van der Waals surface area contributed by atoms with Crippen molar-refractivity contribution in [3.63, 3.8) is 0 Å². The number of ether oxygens (including phenoxy) is 4. The van der Waals surface area contributed by atoms with Gasteiger partial charge in [-0.05, 0) is 42.8 Å². The lowest BCUT2D eigenvalue weighted by atomic mass is 10.1. The maximum Gasteiger partial charge on any atom is 0.257 e. The number of amides is 1. The van der Waals surface area contributed by atoms with Crippen molar-refractivity contribution in [2.24, 2.45) is 0 Å². The Kier molecular flexibility index (Phi) is 6.79. The van der Waals surface area contributed by atoms with Gasteiger partial charge in [0, 0.05) is 16.0 Å². The van der Waals surface area contributed by atoms with Gasteiger partial charge in [0.05, 0.1) is 34.1 Å². The van der Waals surface area contributed by atoms with Crippen molar-refractivity contribution in [1.82, 2.24) is 4.98 Å². The molecule has 1 N–H and O–H groups in total. The Morgan fingerprint density at radius 2 is 1.60 bits per heavy atom. The lowest BCUT2D eigenvalue weighted by molar-refractivity contribution is 0.102. The molecule has 0 bridgehead atoms. The van der Waals surface area contributed by atoms with E-state index >= 15 is 0 Å². The lowest BCUT2D eigenvalue weighted by Gasteiger charge is -2.13. The van der Waals surface area contributed by atoms with Crippen LogP contribution in [-0.4, -0.2) is 39.3 Å². The van der Waals surface area contributed by atoms with Crippen molar-refractivity contribution in [2.45, 2.75) is 13.3 Å². The number of thiazole rings is 1. The summed E-state index contributed by atoms with van der Waals surface area (Å²) in [7, 11) is 6.16. The van der Waals surface area contributed by atoms with Gasteiger partial charge in [-0.3, -0.25) is 10.1 Å². The molecule has 3 aromatic rings. The Morgan fingerprint density at radius 1 is 0.967 bits per heavy atom. The number of rotatable bonds is 8. The predicted octanol–water partition coefficient (Wildman–Crippen LogP) is 4.66. The molecule has 0 aliphatic heterocycles. The van der Waals surface area contributed by atoms with Gasteiger partial charge >= 0.3 is 0 Å². The Bertz CT molecular complexity index is 1010. The van der Waals surface area contributed by atoms with Gasteiger partial charge in [0.1, 0.15) is 5.75 Å². The fourth-order valence-corrected chi connectivity index (χ4v) is 3.92. The Balaban J connectivity index is 1.89. The van der Waals surface area contributed by atoms with Gasteiger partial charge in [-0.25, -0.2) is 4.98 Å². The summed E-state index contributed by atoms with van der Waals surface area (Å²) in [6.07, 6.45) is 0.805. The first kappa shape index (κ1) is 21.4. The molecule has 0 atom stereocenters. The standard InChI is InChI=1S/C22H24N2O5S/c1-6-18-19(13-7-9-15(26-2)10-8-13)23-22(30-18)24-21(25)14-11-16(27-3)20(29-5)17(12-14)28-4/h7-12H,6H2,1-5H3,(H,23,24,25). The molecule has 0 spiro atoms. The number of carbonyl (C=O) groups is 1. The second-order valence-electron chi connectivity index (χ2n) is 6.24. The summed E-state index contributed by atoms with van der Waals surface area (Å²) in [5.74, 6) is 1.72. The smallest absolute Gasteiger partial charge is 0.257 e. The molecule has 0 fully saturated rings. The van der Waals surface area contributed by atoms with Crippen LogP contribution in [0, 0.1) is 0 Å². The molecule has 0 aliphatic carbocycles. The van der Waals surface area contributed by atoms with Crippen molar-refractivity contribution in [2.75, 3.05) is 33.8 Å². The van der Waals surface area contributed by atoms with Crippen LogP contribution in [0.1, 0.15) is 22.2 Å².